The molecule has 1 rings (SSSR count). The summed E-state index contributed by atoms with van der Waals surface area (Å²) < 4.78 is 27.7. The molecular weight excluding hydrogens is 276 g/mol. The third-order valence-electron chi connectivity index (χ3n) is 3.29. The molecule has 0 aliphatic rings. The number of rotatable bonds is 9. The van der Waals surface area contributed by atoms with Gasteiger partial charge in [-0.05, 0) is 26.3 Å². The van der Waals surface area contributed by atoms with Crippen molar-refractivity contribution in [2.75, 3.05) is 6.54 Å². The summed E-state index contributed by atoms with van der Waals surface area (Å²) >= 11 is 0. The summed E-state index contributed by atoms with van der Waals surface area (Å²) in [5, 5.41) is 10.00. The van der Waals surface area contributed by atoms with Crippen molar-refractivity contribution in [1.29, 1.82) is 0 Å². The van der Waals surface area contributed by atoms with Crippen LogP contribution in [0.5, 0.6) is 0 Å². The molecule has 6 nitrogen and oxygen atoms in total. The second kappa shape index (κ2) is 7.75. The highest BCUT2D eigenvalue weighted by Crippen LogP contribution is 2.17. The summed E-state index contributed by atoms with van der Waals surface area (Å²) in [5.41, 5.74) is 1.50. The molecule has 0 saturated carbocycles. The van der Waals surface area contributed by atoms with E-state index in [1.807, 2.05) is 27.7 Å². The molecule has 0 spiro atoms. The summed E-state index contributed by atoms with van der Waals surface area (Å²) in [6.45, 7) is 9.13. The third kappa shape index (κ3) is 4.29. The summed E-state index contributed by atoms with van der Waals surface area (Å²) in [6.07, 6.45) is 2.56. The van der Waals surface area contributed by atoms with Crippen molar-refractivity contribution in [3.8, 4) is 0 Å². The van der Waals surface area contributed by atoms with Gasteiger partial charge < -0.3 is 5.32 Å². The van der Waals surface area contributed by atoms with Crippen LogP contribution in [0.1, 0.15) is 51.3 Å². The molecule has 7 heteroatoms. The van der Waals surface area contributed by atoms with Crippen molar-refractivity contribution < 1.29 is 8.42 Å². The highest BCUT2D eigenvalue weighted by Gasteiger charge is 2.25. The van der Waals surface area contributed by atoms with E-state index < -0.39 is 10.0 Å². The Morgan fingerprint density at radius 2 is 2.00 bits per heavy atom. The monoisotopic (exact) mass is 302 g/mol. The number of hydrogen-bond donors (Lipinski definition) is 3. The molecule has 1 aromatic rings. The van der Waals surface area contributed by atoms with Crippen LogP contribution in [0.3, 0.4) is 0 Å². The van der Waals surface area contributed by atoms with Crippen LogP contribution in [0.25, 0.3) is 0 Å². The first kappa shape index (κ1) is 17.1. The van der Waals surface area contributed by atoms with Gasteiger partial charge in [0.1, 0.15) is 0 Å². The molecule has 0 aromatic carbocycles. The van der Waals surface area contributed by atoms with Crippen LogP contribution in [0, 0.1) is 6.92 Å². The lowest BCUT2D eigenvalue weighted by Crippen LogP contribution is -2.35. The highest BCUT2D eigenvalue weighted by atomic mass is 32.2. The predicted molar refractivity (Wildman–Crippen MR) is 80.0 cm³/mol. The Balaban J connectivity index is 2.97. The van der Waals surface area contributed by atoms with Crippen molar-refractivity contribution in [3.05, 3.63) is 11.3 Å². The molecule has 0 aliphatic heterocycles. The Hall–Kier alpha value is -0.920. The molecule has 0 aliphatic carbocycles. The van der Waals surface area contributed by atoms with Crippen LogP contribution in [-0.2, 0) is 16.6 Å². The number of nitrogens with one attached hydrogen (secondary N) is 3. The van der Waals surface area contributed by atoms with E-state index in [0.29, 0.717) is 12.1 Å². The number of aromatic nitrogens is 2. The lowest BCUT2D eigenvalue weighted by atomic mass is 10.1. The number of aryl methyl sites for hydroxylation is 1. The Morgan fingerprint density at radius 1 is 1.30 bits per heavy atom. The molecule has 0 radical (unpaired) electrons. The molecule has 1 unspecified atom stereocenters. The van der Waals surface area contributed by atoms with E-state index in [4.69, 9.17) is 0 Å². The zero-order valence-electron chi connectivity index (χ0n) is 12.8. The van der Waals surface area contributed by atoms with Gasteiger partial charge in [-0.25, -0.2) is 13.1 Å². The molecule has 0 fully saturated rings. The minimum absolute atomic E-state index is 0.0333. The Bertz CT molecular complexity index is 510. The average molecular weight is 302 g/mol. The molecular formula is C13H26N4O2S. The normalized spacial score (nSPS) is 13.6. The van der Waals surface area contributed by atoms with E-state index in [2.05, 4.69) is 20.2 Å². The largest absolute Gasteiger partial charge is 0.313 e. The summed E-state index contributed by atoms with van der Waals surface area (Å²) in [7, 11) is -3.57. The first-order valence-corrected chi connectivity index (χ1v) is 8.71. The standard InChI is InChI=1S/C13H26N4O2S/c1-5-8-11(6-2)17-20(18,19)13-12(9-14-7-3)10(4)15-16-13/h11,14,17H,5-9H2,1-4H3,(H,15,16). The van der Waals surface area contributed by atoms with Crippen LogP contribution >= 0.6 is 0 Å². The summed E-state index contributed by atoms with van der Waals surface area (Å²) in [5.74, 6) is 0. The minimum atomic E-state index is -3.57. The number of aromatic amines is 1. The fourth-order valence-electron chi connectivity index (χ4n) is 2.08. The van der Waals surface area contributed by atoms with Gasteiger partial charge in [0.15, 0.2) is 5.03 Å². The Kier molecular flexibility index (Phi) is 6.64. The quantitative estimate of drug-likeness (QED) is 0.648. The maximum Gasteiger partial charge on any atom is 0.260 e. The Labute approximate surface area is 121 Å². The van der Waals surface area contributed by atoms with Crippen LogP contribution in [0.4, 0.5) is 0 Å². The number of sulfonamides is 1. The lowest BCUT2D eigenvalue weighted by molar-refractivity contribution is 0.509. The molecule has 1 atom stereocenters. The molecule has 1 heterocycles. The topological polar surface area (TPSA) is 86.9 Å². The molecule has 1 aromatic heterocycles. The van der Waals surface area contributed by atoms with Crippen LogP contribution < -0.4 is 10.0 Å². The predicted octanol–water partition coefficient (Wildman–Crippen LogP) is 1.68. The highest BCUT2D eigenvalue weighted by molar-refractivity contribution is 7.89. The first-order valence-electron chi connectivity index (χ1n) is 7.23. The summed E-state index contributed by atoms with van der Waals surface area (Å²) in [6, 6.07) is -0.0333. The fraction of sp³-hybridized carbons (Fsp3) is 0.769. The van der Waals surface area contributed by atoms with Gasteiger partial charge in [0.05, 0.1) is 0 Å². The third-order valence-corrected chi connectivity index (χ3v) is 4.78. The first-order chi connectivity index (χ1) is 9.46. The molecule has 0 amide bonds. The molecule has 0 bridgehead atoms. The van der Waals surface area contributed by atoms with Gasteiger partial charge in [0.2, 0.25) is 0 Å². The van der Waals surface area contributed by atoms with Crippen molar-refractivity contribution in [2.45, 2.75) is 64.6 Å². The second-order valence-electron chi connectivity index (χ2n) is 4.93. The SMILES string of the molecule is CCCC(CC)NS(=O)(=O)c1n[nH]c(C)c1CNCC. The van der Waals surface area contributed by atoms with Gasteiger partial charge in [0, 0.05) is 23.8 Å². The Morgan fingerprint density at radius 3 is 2.55 bits per heavy atom. The molecule has 116 valence electrons. The van der Waals surface area contributed by atoms with Gasteiger partial charge in [0.25, 0.3) is 10.0 Å². The van der Waals surface area contributed by atoms with Crippen molar-refractivity contribution >= 4 is 10.0 Å². The maximum atomic E-state index is 12.5. The van der Waals surface area contributed by atoms with Crippen molar-refractivity contribution in [1.82, 2.24) is 20.2 Å². The van der Waals surface area contributed by atoms with Crippen LogP contribution in [-0.4, -0.2) is 31.2 Å². The van der Waals surface area contributed by atoms with Gasteiger partial charge in [-0.2, -0.15) is 5.10 Å². The average Bonchev–Trinajstić information content (AvgIpc) is 2.77. The number of H-pyrrole nitrogens is 1. The van der Waals surface area contributed by atoms with Crippen molar-refractivity contribution in [2.24, 2.45) is 0 Å². The second-order valence-corrected chi connectivity index (χ2v) is 6.56. The van der Waals surface area contributed by atoms with Gasteiger partial charge in [-0.15, -0.1) is 0 Å². The zero-order chi connectivity index (χ0) is 15.2. The minimum Gasteiger partial charge on any atom is -0.313 e. The van der Waals surface area contributed by atoms with Gasteiger partial charge in [-0.3, -0.25) is 5.10 Å². The fourth-order valence-corrected chi connectivity index (χ4v) is 3.63. The molecule has 3 N–H and O–H groups in total. The van der Waals surface area contributed by atoms with E-state index in [1.165, 1.54) is 0 Å². The lowest BCUT2D eigenvalue weighted by Gasteiger charge is -2.16. The summed E-state index contributed by atoms with van der Waals surface area (Å²) in [4.78, 5) is 0. The van der Waals surface area contributed by atoms with Crippen molar-refractivity contribution in [3.63, 3.8) is 0 Å². The maximum absolute atomic E-state index is 12.5. The zero-order valence-corrected chi connectivity index (χ0v) is 13.6. The number of hydrogen-bond acceptors (Lipinski definition) is 4. The smallest absolute Gasteiger partial charge is 0.260 e. The van der Waals surface area contributed by atoms with Crippen LogP contribution in [0.15, 0.2) is 5.03 Å². The van der Waals surface area contributed by atoms with Crippen LogP contribution in [0.2, 0.25) is 0 Å². The molecule has 0 saturated heterocycles. The van der Waals surface area contributed by atoms with E-state index in [1.54, 1.807) is 0 Å². The van der Waals surface area contributed by atoms with E-state index in [9.17, 15) is 8.42 Å². The van der Waals surface area contributed by atoms with Gasteiger partial charge >= 0.3 is 0 Å². The van der Waals surface area contributed by atoms with E-state index in [-0.39, 0.29) is 11.1 Å². The molecule has 20 heavy (non-hydrogen) atoms. The van der Waals surface area contributed by atoms with Gasteiger partial charge in [-0.1, -0.05) is 27.2 Å². The van der Waals surface area contributed by atoms with E-state index in [0.717, 1.165) is 31.5 Å². The number of nitrogens with zero attached hydrogens (tertiary/aromatic N) is 1. The van der Waals surface area contributed by atoms with E-state index >= 15 is 0 Å².